The van der Waals surface area contributed by atoms with E-state index in [1.54, 1.807) is 0 Å². The second kappa shape index (κ2) is 17.3. The van der Waals surface area contributed by atoms with Gasteiger partial charge in [-0.15, -0.1) is 0 Å². The molecule has 0 spiro atoms. The molecule has 0 radical (unpaired) electrons. The van der Waals surface area contributed by atoms with Crippen molar-refractivity contribution >= 4 is 44.6 Å². The van der Waals surface area contributed by atoms with Crippen LogP contribution < -0.4 is 14.5 Å². The molecular weight excluding hydrogens is 841 g/mol. The van der Waals surface area contributed by atoms with Gasteiger partial charge in [0.05, 0.1) is 28.1 Å². The number of fused-ring (bicyclic) bond motifs is 4. The van der Waals surface area contributed by atoms with Crippen molar-refractivity contribution < 1.29 is 4.74 Å². The summed E-state index contributed by atoms with van der Waals surface area (Å²) in [5.41, 5.74) is 15.3. The van der Waals surface area contributed by atoms with E-state index in [4.69, 9.17) is 9.72 Å². The van der Waals surface area contributed by atoms with Crippen molar-refractivity contribution in [3.63, 3.8) is 0 Å². The molecule has 69 heavy (non-hydrogen) atoms. The quantitative estimate of drug-likeness (QED) is 0.145. The third-order valence-corrected chi connectivity index (χ3v) is 14.7. The number of rotatable bonds is 9. The van der Waals surface area contributed by atoms with Gasteiger partial charge >= 0.3 is 0 Å². The minimum absolute atomic E-state index is 0.0393. The Morgan fingerprint density at radius 3 is 1.81 bits per heavy atom. The molecule has 338 valence electrons. The summed E-state index contributed by atoms with van der Waals surface area (Å²) in [5, 5.41) is 2.37. The fraction of sp³-hybridized carbons (Fsp3) is 0.172. The first-order valence-electron chi connectivity index (χ1n) is 24.6. The van der Waals surface area contributed by atoms with Gasteiger partial charge in [-0.3, -0.25) is 4.57 Å². The zero-order chi connectivity index (χ0) is 46.5. The van der Waals surface area contributed by atoms with Gasteiger partial charge in [0.1, 0.15) is 24.0 Å². The molecule has 1 saturated carbocycles. The topological polar surface area (TPSA) is 33.5 Å². The molecule has 0 bridgehead atoms. The highest BCUT2D eigenvalue weighted by molar-refractivity contribution is 6.09. The maximum atomic E-state index is 7.08. The van der Waals surface area contributed by atoms with Gasteiger partial charge in [-0.2, -0.15) is 0 Å². The van der Waals surface area contributed by atoms with Crippen LogP contribution in [0.25, 0.3) is 49.9 Å². The normalized spacial score (nSPS) is 14.6. The van der Waals surface area contributed by atoms with Crippen LogP contribution in [0, 0.1) is 0 Å². The van der Waals surface area contributed by atoms with Gasteiger partial charge in [-0.1, -0.05) is 180 Å². The number of aromatic nitrogens is 2. The van der Waals surface area contributed by atoms with Gasteiger partial charge in [-0.25, -0.2) is 4.98 Å². The molecule has 1 aliphatic heterocycles. The van der Waals surface area contributed by atoms with Gasteiger partial charge < -0.3 is 14.5 Å². The summed E-state index contributed by atoms with van der Waals surface area (Å²) in [6.07, 6.45) is 8.02. The van der Waals surface area contributed by atoms with Crippen molar-refractivity contribution in [3.05, 3.63) is 229 Å². The molecule has 1 aliphatic carbocycles. The van der Waals surface area contributed by atoms with E-state index in [-0.39, 0.29) is 10.8 Å². The Morgan fingerprint density at radius 2 is 1.12 bits per heavy atom. The second-order valence-electron chi connectivity index (χ2n) is 19.9. The van der Waals surface area contributed by atoms with Crippen LogP contribution in [0.2, 0.25) is 0 Å². The molecule has 0 atom stereocenters. The van der Waals surface area contributed by atoms with E-state index in [1.807, 2.05) is 6.20 Å². The Bertz CT molecular complexity index is 3420. The minimum atomic E-state index is -0.143. The zero-order valence-corrected chi connectivity index (χ0v) is 39.6. The smallest absolute Gasteiger partial charge is 0.137 e. The molecule has 8 aromatic carbocycles. The van der Waals surface area contributed by atoms with Gasteiger partial charge in [0.15, 0.2) is 0 Å². The van der Waals surface area contributed by atoms with Gasteiger partial charge in [0.2, 0.25) is 0 Å². The van der Waals surface area contributed by atoms with E-state index in [2.05, 4.69) is 241 Å². The van der Waals surface area contributed by atoms with Crippen molar-refractivity contribution in [1.82, 2.24) is 9.55 Å². The number of hydrogen-bond acceptors (Lipinski definition) is 4. The van der Waals surface area contributed by atoms with Gasteiger partial charge in [0, 0.05) is 51.3 Å². The monoisotopic (exact) mass is 896 g/mol. The summed E-state index contributed by atoms with van der Waals surface area (Å²) in [4.78, 5) is 10.1. The number of pyridine rings is 1. The molecule has 0 N–H and O–H groups in total. The lowest BCUT2D eigenvalue weighted by Crippen LogP contribution is -2.30. The lowest BCUT2D eigenvalue weighted by molar-refractivity contribution is 0.345. The third kappa shape index (κ3) is 7.63. The van der Waals surface area contributed by atoms with E-state index in [0.29, 0.717) is 6.67 Å². The van der Waals surface area contributed by atoms with Crippen LogP contribution in [0.15, 0.2) is 212 Å². The highest BCUT2D eigenvalue weighted by Crippen LogP contribution is 2.51. The largest absolute Gasteiger partial charge is 0.457 e. The average molecular weight is 897 g/mol. The maximum Gasteiger partial charge on any atom is 0.137 e. The summed E-state index contributed by atoms with van der Waals surface area (Å²) in [6.45, 7) is 7.47. The van der Waals surface area contributed by atoms with Crippen LogP contribution in [0.4, 0.5) is 22.7 Å². The van der Waals surface area contributed by atoms with Crippen molar-refractivity contribution in [1.29, 1.82) is 0 Å². The second-order valence-corrected chi connectivity index (χ2v) is 19.9. The molecule has 0 amide bonds. The number of para-hydroxylation sites is 4. The predicted molar refractivity (Wildman–Crippen MR) is 287 cm³/mol. The lowest BCUT2D eigenvalue weighted by atomic mass is 9.65. The highest BCUT2D eigenvalue weighted by atomic mass is 16.5. The molecule has 10 aromatic rings. The fourth-order valence-electron chi connectivity index (χ4n) is 11.3. The number of benzene rings is 8. The molecule has 2 aliphatic rings. The molecule has 12 rings (SSSR count). The summed E-state index contributed by atoms with van der Waals surface area (Å²) >= 11 is 0. The van der Waals surface area contributed by atoms with Crippen LogP contribution in [-0.2, 0) is 10.8 Å². The Labute approximate surface area is 405 Å². The maximum absolute atomic E-state index is 7.08. The van der Waals surface area contributed by atoms with E-state index in [1.165, 1.54) is 74.7 Å². The van der Waals surface area contributed by atoms with Gasteiger partial charge in [-0.05, 0) is 101 Å². The summed E-state index contributed by atoms with van der Waals surface area (Å²) in [5.74, 6) is 2.50. The van der Waals surface area contributed by atoms with Crippen LogP contribution >= 0.6 is 0 Å². The summed E-state index contributed by atoms with van der Waals surface area (Å²) in [7, 11) is 0. The van der Waals surface area contributed by atoms with E-state index < -0.39 is 0 Å². The SMILES string of the molecule is CC(C)(C)c1cc(Oc2ccc3c4ccccc4n(-c4cc(C5(c6ccccc6)CCCCC5)ccn4)c3c2)cc(N2CN(c3c(-c4ccccc4)cccc3-c3ccccc3)c3ccccc32)c1. The highest BCUT2D eigenvalue weighted by Gasteiger charge is 2.36. The van der Waals surface area contributed by atoms with Crippen molar-refractivity contribution in [2.75, 3.05) is 16.5 Å². The molecule has 2 aromatic heterocycles. The van der Waals surface area contributed by atoms with Crippen LogP contribution in [0.5, 0.6) is 11.5 Å². The fourth-order valence-corrected chi connectivity index (χ4v) is 11.3. The number of nitrogens with zero attached hydrogens (tertiary/aromatic N) is 4. The minimum Gasteiger partial charge on any atom is -0.457 e. The molecule has 0 unspecified atom stereocenters. The molecule has 5 heteroatoms. The van der Waals surface area contributed by atoms with Crippen LogP contribution in [0.3, 0.4) is 0 Å². The number of anilines is 4. The zero-order valence-electron chi connectivity index (χ0n) is 39.6. The molecule has 1 fully saturated rings. The van der Waals surface area contributed by atoms with Gasteiger partial charge in [0.25, 0.3) is 0 Å². The Morgan fingerprint density at radius 1 is 0.493 bits per heavy atom. The Kier molecular flexibility index (Phi) is 10.7. The molecule has 0 saturated heterocycles. The lowest BCUT2D eigenvalue weighted by Gasteiger charge is -2.38. The average Bonchev–Trinajstić information content (AvgIpc) is 3.95. The first kappa shape index (κ1) is 42.5. The summed E-state index contributed by atoms with van der Waals surface area (Å²) in [6, 6.07) is 74.9. The van der Waals surface area contributed by atoms with E-state index in [0.717, 1.165) is 58.3 Å². The van der Waals surface area contributed by atoms with Crippen molar-refractivity contribution in [2.45, 2.75) is 63.7 Å². The summed E-state index contributed by atoms with van der Waals surface area (Å²) < 4.78 is 9.42. The molecule has 3 heterocycles. The van der Waals surface area contributed by atoms with Crippen LogP contribution in [-0.4, -0.2) is 16.2 Å². The van der Waals surface area contributed by atoms with E-state index in [9.17, 15) is 0 Å². The third-order valence-electron chi connectivity index (χ3n) is 14.7. The Hall–Kier alpha value is -7.89. The standard InChI is InChI=1S/C64H56N4O/c1-63(2,3)49-39-50(66-44-67(59-32-17-16-31-58(59)66)62-53(45-21-8-4-9-22-45)28-20-29-54(62)46-23-10-5-11-24-46)42-52(40-49)69-51-33-34-56-55-27-14-15-30-57(55)68(60(56)43-51)61-41-48(35-38-65-61)64(36-18-7-19-37-64)47-25-12-6-13-26-47/h4-6,8-17,20-35,38-43H,7,18-19,36-37,44H2,1-3H3. The first-order valence-corrected chi connectivity index (χ1v) is 24.6. The number of ether oxygens (including phenoxy) is 1. The first-order chi connectivity index (χ1) is 33.8. The van der Waals surface area contributed by atoms with Crippen molar-refractivity contribution in [2.24, 2.45) is 0 Å². The Balaban J connectivity index is 0.954. The molecule has 5 nitrogen and oxygen atoms in total. The van der Waals surface area contributed by atoms with Crippen molar-refractivity contribution in [3.8, 4) is 39.6 Å². The molecular formula is C64H56N4O. The van der Waals surface area contributed by atoms with E-state index >= 15 is 0 Å². The predicted octanol–water partition coefficient (Wildman–Crippen LogP) is 17.1. The van der Waals surface area contributed by atoms with Crippen LogP contribution in [0.1, 0.15) is 69.6 Å². The number of hydrogen-bond donors (Lipinski definition) is 0.